The summed E-state index contributed by atoms with van der Waals surface area (Å²) in [4.78, 5) is 30.6. The first-order valence-electron chi connectivity index (χ1n) is 9.01. The first kappa shape index (κ1) is 19.1. The Bertz CT molecular complexity index is 1240. The Labute approximate surface area is 166 Å². The molecule has 2 aromatic carbocycles. The topological polar surface area (TPSA) is 135 Å². The number of hydrogen-bond donors (Lipinski definition) is 2. The fourth-order valence-corrected chi connectivity index (χ4v) is 3.90. The predicted octanol–water partition coefficient (Wildman–Crippen LogP) is 3.39. The first-order chi connectivity index (χ1) is 13.7. The molecule has 29 heavy (non-hydrogen) atoms. The van der Waals surface area contributed by atoms with E-state index in [1.807, 2.05) is 0 Å². The number of nitrogens with one attached hydrogen (secondary N) is 2. The van der Waals surface area contributed by atoms with Gasteiger partial charge in [0, 0.05) is 35.6 Å². The number of nitro groups is 1. The Kier molecular flexibility index (Phi) is 4.58. The molecular weight excluding hydrogens is 396 g/mol. The Morgan fingerprint density at radius 3 is 2.62 bits per heavy atom. The van der Waals surface area contributed by atoms with E-state index in [1.54, 1.807) is 18.2 Å². The maximum atomic E-state index is 12.6. The molecule has 1 aliphatic rings. The molecule has 1 amide bonds. The number of fused-ring (bicyclic) bond motifs is 1. The van der Waals surface area contributed by atoms with E-state index >= 15 is 0 Å². The second-order valence-corrected chi connectivity index (χ2v) is 9.20. The van der Waals surface area contributed by atoms with E-state index in [-0.39, 0.29) is 10.5 Å². The van der Waals surface area contributed by atoms with E-state index < -0.39 is 26.4 Å². The number of hydrogen-bond acceptors (Lipinski definition) is 6. The number of non-ortho nitro benzene ring substituents is 1. The minimum atomic E-state index is -3.72. The highest BCUT2D eigenvalue weighted by Gasteiger charge is 2.23. The van der Waals surface area contributed by atoms with Crippen LogP contribution in [0.2, 0.25) is 0 Å². The number of carbonyl (C=O) groups excluding carboxylic acids is 1. The monoisotopic (exact) mass is 414 g/mol. The highest BCUT2D eigenvalue weighted by Crippen LogP contribution is 2.35. The number of sulfone groups is 1. The van der Waals surface area contributed by atoms with Crippen molar-refractivity contribution in [2.75, 3.05) is 11.6 Å². The molecule has 1 saturated carbocycles. The molecule has 0 atom stereocenters. The quantitative estimate of drug-likeness (QED) is 0.485. The van der Waals surface area contributed by atoms with Gasteiger partial charge in [-0.15, -0.1) is 0 Å². The zero-order chi connectivity index (χ0) is 20.8. The average molecular weight is 414 g/mol. The number of carbonyl (C=O) groups is 1. The smallest absolute Gasteiger partial charge is 0.271 e. The number of benzene rings is 2. The largest absolute Gasteiger partial charge is 0.342 e. The van der Waals surface area contributed by atoms with Crippen molar-refractivity contribution in [2.45, 2.75) is 30.1 Å². The van der Waals surface area contributed by atoms with Crippen molar-refractivity contribution in [2.24, 2.45) is 0 Å². The molecule has 150 valence electrons. The molecule has 0 unspecified atom stereocenters. The highest BCUT2D eigenvalue weighted by atomic mass is 32.2. The summed E-state index contributed by atoms with van der Waals surface area (Å²) in [6, 6.07) is 8.30. The third-order valence-corrected chi connectivity index (χ3v) is 6.13. The third kappa shape index (κ3) is 3.83. The molecule has 0 bridgehead atoms. The predicted molar refractivity (Wildman–Crippen MR) is 107 cm³/mol. The Morgan fingerprint density at radius 2 is 2.00 bits per heavy atom. The summed E-state index contributed by atoms with van der Waals surface area (Å²) in [5.74, 6) is 0.739. The van der Waals surface area contributed by atoms with Crippen LogP contribution in [-0.4, -0.2) is 35.5 Å². The van der Waals surface area contributed by atoms with Gasteiger partial charge in [-0.25, -0.2) is 13.4 Å². The normalized spacial score (nSPS) is 14.5. The summed E-state index contributed by atoms with van der Waals surface area (Å²) in [6.45, 7) is 0. The van der Waals surface area contributed by atoms with Gasteiger partial charge < -0.3 is 10.3 Å². The van der Waals surface area contributed by atoms with Gasteiger partial charge in [0.25, 0.3) is 11.6 Å². The van der Waals surface area contributed by atoms with Crippen molar-refractivity contribution in [1.82, 2.24) is 9.97 Å². The molecule has 0 saturated heterocycles. The average Bonchev–Trinajstić information content (AvgIpc) is 3.01. The molecule has 1 aromatic heterocycles. The Balaban J connectivity index is 1.63. The van der Waals surface area contributed by atoms with Gasteiger partial charge >= 0.3 is 0 Å². The number of aromatic amines is 1. The van der Waals surface area contributed by atoms with Crippen molar-refractivity contribution in [3.63, 3.8) is 0 Å². The number of imidazole rings is 1. The number of H-pyrrole nitrogens is 1. The number of nitrogens with zero attached hydrogens (tertiary/aromatic N) is 2. The van der Waals surface area contributed by atoms with Crippen molar-refractivity contribution in [1.29, 1.82) is 0 Å². The number of nitro benzene ring substituents is 1. The molecule has 1 fully saturated rings. The van der Waals surface area contributed by atoms with Gasteiger partial charge in [0.1, 0.15) is 5.82 Å². The summed E-state index contributed by atoms with van der Waals surface area (Å²) in [5, 5.41) is 13.8. The third-order valence-electron chi connectivity index (χ3n) is 5.04. The van der Waals surface area contributed by atoms with Crippen molar-refractivity contribution in [3.8, 4) is 0 Å². The van der Waals surface area contributed by atoms with Gasteiger partial charge in [0.15, 0.2) is 9.84 Å². The van der Waals surface area contributed by atoms with Crippen LogP contribution >= 0.6 is 0 Å². The lowest BCUT2D eigenvalue weighted by Crippen LogP contribution is -2.13. The second-order valence-electron chi connectivity index (χ2n) is 7.18. The van der Waals surface area contributed by atoms with E-state index in [9.17, 15) is 23.3 Å². The molecule has 2 N–H and O–H groups in total. The molecule has 0 spiro atoms. The fourth-order valence-electron chi connectivity index (χ4n) is 3.22. The van der Waals surface area contributed by atoms with Crippen LogP contribution in [0, 0.1) is 10.1 Å². The molecule has 1 heterocycles. The molecule has 0 aliphatic heterocycles. The summed E-state index contributed by atoms with van der Waals surface area (Å²) >= 11 is 0. The van der Waals surface area contributed by atoms with Crippen LogP contribution in [0.25, 0.3) is 11.0 Å². The lowest BCUT2D eigenvalue weighted by molar-refractivity contribution is -0.385. The Hall–Kier alpha value is -3.27. The fraction of sp³-hybridized carbons (Fsp3) is 0.263. The minimum absolute atomic E-state index is 0.112. The van der Waals surface area contributed by atoms with Crippen LogP contribution in [0.4, 0.5) is 11.4 Å². The number of aromatic nitrogens is 2. The lowest BCUT2D eigenvalue weighted by Gasteiger charge is -2.22. The maximum Gasteiger partial charge on any atom is 0.271 e. The molecule has 10 heteroatoms. The lowest BCUT2D eigenvalue weighted by atomic mass is 9.85. The molecule has 9 nitrogen and oxygen atoms in total. The van der Waals surface area contributed by atoms with E-state index in [2.05, 4.69) is 15.3 Å². The molecule has 0 radical (unpaired) electrons. The van der Waals surface area contributed by atoms with Crippen LogP contribution < -0.4 is 5.32 Å². The number of rotatable bonds is 5. The van der Waals surface area contributed by atoms with Crippen LogP contribution in [-0.2, 0) is 9.84 Å². The minimum Gasteiger partial charge on any atom is -0.342 e. The van der Waals surface area contributed by atoms with Crippen molar-refractivity contribution < 1.29 is 18.1 Å². The van der Waals surface area contributed by atoms with Crippen LogP contribution in [0.3, 0.4) is 0 Å². The zero-order valence-electron chi connectivity index (χ0n) is 15.5. The summed E-state index contributed by atoms with van der Waals surface area (Å²) < 4.78 is 23.6. The van der Waals surface area contributed by atoms with Gasteiger partial charge in [-0.05, 0) is 37.1 Å². The van der Waals surface area contributed by atoms with Gasteiger partial charge in [0.05, 0.1) is 20.9 Å². The maximum absolute atomic E-state index is 12.6. The van der Waals surface area contributed by atoms with E-state index in [1.165, 1.54) is 6.42 Å². The molecule has 3 aromatic rings. The van der Waals surface area contributed by atoms with Crippen LogP contribution in [0.15, 0.2) is 41.3 Å². The Morgan fingerprint density at radius 1 is 1.24 bits per heavy atom. The summed E-state index contributed by atoms with van der Waals surface area (Å²) in [7, 11) is -3.72. The molecule has 1 aliphatic carbocycles. The van der Waals surface area contributed by atoms with E-state index in [0.717, 1.165) is 54.2 Å². The van der Waals surface area contributed by atoms with Crippen molar-refractivity contribution >= 4 is 38.2 Å². The standard InChI is InChI=1S/C19H18N4O5S/c1-29(27,28)15-8-12(7-14(10-15)23(25)26)19(24)20-13-5-6-16-17(9-13)22-18(21-16)11-3-2-4-11/h5-11H,2-4H2,1H3,(H,20,24)(H,21,22). The van der Waals surface area contributed by atoms with Gasteiger partial charge in [0.2, 0.25) is 0 Å². The van der Waals surface area contributed by atoms with Crippen LogP contribution in [0.5, 0.6) is 0 Å². The molecular formula is C19H18N4O5S. The van der Waals surface area contributed by atoms with Crippen LogP contribution in [0.1, 0.15) is 41.4 Å². The second kappa shape index (κ2) is 6.96. The summed E-state index contributed by atoms with van der Waals surface area (Å²) in [5.41, 5.74) is 1.46. The molecule has 4 rings (SSSR count). The number of anilines is 1. The van der Waals surface area contributed by atoms with E-state index in [0.29, 0.717) is 11.6 Å². The highest BCUT2D eigenvalue weighted by molar-refractivity contribution is 7.90. The van der Waals surface area contributed by atoms with Crippen molar-refractivity contribution in [3.05, 3.63) is 57.9 Å². The zero-order valence-corrected chi connectivity index (χ0v) is 16.3. The van der Waals surface area contributed by atoms with Gasteiger partial charge in [-0.1, -0.05) is 6.42 Å². The number of amides is 1. The summed E-state index contributed by atoms with van der Waals surface area (Å²) in [6.07, 6.45) is 4.35. The first-order valence-corrected chi connectivity index (χ1v) is 10.9. The van der Waals surface area contributed by atoms with Gasteiger partial charge in [-0.3, -0.25) is 14.9 Å². The SMILES string of the molecule is CS(=O)(=O)c1cc(C(=O)Nc2ccc3nc(C4CCC4)[nH]c3c2)cc([N+](=O)[O-])c1. The van der Waals surface area contributed by atoms with E-state index in [4.69, 9.17) is 0 Å². The van der Waals surface area contributed by atoms with Gasteiger partial charge in [-0.2, -0.15) is 0 Å².